The van der Waals surface area contributed by atoms with E-state index < -0.39 is 0 Å². The van der Waals surface area contributed by atoms with Crippen LogP contribution in [-0.2, 0) is 0 Å². The molecule has 2 rings (SSSR count). The Morgan fingerprint density at radius 3 is 2.08 bits per heavy atom. The van der Waals surface area contributed by atoms with E-state index in [1.54, 1.807) is 0 Å². The van der Waals surface area contributed by atoms with Gasteiger partial charge in [0.1, 0.15) is 0 Å². The van der Waals surface area contributed by atoms with E-state index in [0.717, 1.165) is 18.8 Å². The van der Waals surface area contributed by atoms with Gasteiger partial charge < -0.3 is 15.5 Å². The van der Waals surface area contributed by atoms with Crippen molar-refractivity contribution in [3.63, 3.8) is 0 Å². The lowest BCUT2D eigenvalue weighted by Gasteiger charge is -2.21. The Kier molecular flexibility index (Phi) is 5.96. The number of carbonyl (C=O) groups is 1. The van der Waals surface area contributed by atoms with Crippen molar-refractivity contribution in [2.24, 2.45) is 0 Å². The molecule has 0 aliphatic carbocycles. The number of amides is 1. The standard InChI is InChI=1S/C19H27N5O/c1-6-24(7-2)16-10-8-15(9-11-16)22-18-20-12-14(13-21-18)17(25)23-19(3,4)5/h8-13H,6-7H2,1-5H3,(H,23,25)(H,20,21,22). The highest BCUT2D eigenvalue weighted by Crippen LogP contribution is 2.19. The number of anilines is 3. The van der Waals surface area contributed by atoms with E-state index in [1.165, 1.54) is 18.1 Å². The third-order valence-corrected chi connectivity index (χ3v) is 3.65. The predicted octanol–water partition coefficient (Wildman–Crippen LogP) is 3.59. The first kappa shape index (κ1) is 18.7. The van der Waals surface area contributed by atoms with Crippen LogP contribution in [0.1, 0.15) is 45.0 Å². The maximum atomic E-state index is 12.1. The normalized spacial score (nSPS) is 11.1. The van der Waals surface area contributed by atoms with Crippen LogP contribution in [-0.4, -0.2) is 34.5 Å². The summed E-state index contributed by atoms with van der Waals surface area (Å²) in [6, 6.07) is 8.13. The van der Waals surface area contributed by atoms with Crippen LogP contribution < -0.4 is 15.5 Å². The van der Waals surface area contributed by atoms with Crippen LogP contribution in [0.25, 0.3) is 0 Å². The van der Waals surface area contributed by atoms with Gasteiger partial charge in [-0.1, -0.05) is 0 Å². The van der Waals surface area contributed by atoms with Gasteiger partial charge in [-0.3, -0.25) is 4.79 Å². The Labute approximate surface area is 149 Å². The zero-order valence-electron chi connectivity index (χ0n) is 15.6. The Hall–Kier alpha value is -2.63. The quantitative estimate of drug-likeness (QED) is 0.840. The molecule has 2 N–H and O–H groups in total. The lowest BCUT2D eigenvalue weighted by atomic mass is 10.1. The van der Waals surface area contributed by atoms with Crippen LogP contribution in [0.15, 0.2) is 36.7 Å². The summed E-state index contributed by atoms with van der Waals surface area (Å²) in [6.07, 6.45) is 3.06. The topological polar surface area (TPSA) is 70.2 Å². The second-order valence-corrected chi connectivity index (χ2v) is 6.84. The molecule has 0 saturated heterocycles. The van der Waals surface area contributed by atoms with Crippen molar-refractivity contribution >= 4 is 23.2 Å². The van der Waals surface area contributed by atoms with E-state index in [9.17, 15) is 4.79 Å². The molecule has 1 heterocycles. The van der Waals surface area contributed by atoms with Crippen LogP contribution in [0.3, 0.4) is 0 Å². The molecule has 0 atom stereocenters. The minimum absolute atomic E-state index is 0.178. The summed E-state index contributed by atoms with van der Waals surface area (Å²) >= 11 is 0. The van der Waals surface area contributed by atoms with Gasteiger partial charge in [-0.15, -0.1) is 0 Å². The number of benzene rings is 1. The third-order valence-electron chi connectivity index (χ3n) is 3.65. The Balaban J connectivity index is 2.02. The zero-order valence-corrected chi connectivity index (χ0v) is 15.6. The summed E-state index contributed by atoms with van der Waals surface area (Å²) in [5, 5.41) is 6.04. The van der Waals surface area contributed by atoms with Crippen molar-refractivity contribution in [2.45, 2.75) is 40.2 Å². The first-order chi connectivity index (χ1) is 11.8. The number of rotatable bonds is 6. The number of aromatic nitrogens is 2. The average Bonchev–Trinajstić information content (AvgIpc) is 2.56. The molecule has 0 bridgehead atoms. The molecule has 6 heteroatoms. The van der Waals surface area contributed by atoms with Crippen LogP contribution in [0.2, 0.25) is 0 Å². The minimum Gasteiger partial charge on any atom is -0.372 e. The van der Waals surface area contributed by atoms with Crippen molar-refractivity contribution in [1.29, 1.82) is 0 Å². The van der Waals surface area contributed by atoms with Gasteiger partial charge >= 0.3 is 0 Å². The summed E-state index contributed by atoms with van der Waals surface area (Å²) in [5.74, 6) is 0.283. The van der Waals surface area contributed by atoms with Gasteiger partial charge in [0.2, 0.25) is 5.95 Å². The number of hydrogen-bond acceptors (Lipinski definition) is 5. The number of hydrogen-bond donors (Lipinski definition) is 2. The maximum absolute atomic E-state index is 12.1. The molecule has 2 aromatic rings. The molecule has 1 aromatic carbocycles. The Bertz CT molecular complexity index is 685. The number of carbonyl (C=O) groups excluding carboxylic acids is 1. The smallest absolute Gasteiger partial charge is 0.254 e. The summed E-state index contributed by atoms with van der Waals surface area (Å²) in [4.78, 5) is 22.8. The lowest BCUT2D eigenvalue weighted by molar-refractivity contribution is 0.0919. The highest BCUT2D eigenvalue weighted by molar-refractivity contribution is 5.94. The van der Waals surface area contributed by atoms with Gasteiger partial charge in [0.25, 0.3) is 5.91 Å². The van der Waals surface area contributed by atoms with Gasteiger partial charge in [-0.05, 0) is 58.9 Å². The summed E-state index contributed by atoms with van der Waals surface area (Å²) in [6.45, 7) is 12.0. The summed E-state index contributed by atoms with van der Waals surface area (Å²) in [5.41, 5.74) is 2.24. The highest BCUT2D eigenvalue weighted by Gasteiger charge is 2.15. The predicted molar refractivity (Wildman–Crippen MR) is 103 cm³/mol. The zero-order chi connectivity index (χ0) is 18.4. The molecule has 25 heavy (non-hydrogen) atoms. The second kappa shape index (κ2) is 7.96. The van der Waals surface area contributed by atoms with Gasteiger partial charge in [-0.25, -0.2) is 9.97 Å². The fourth-order valence-corrected chi connectivity index (χ4v) is 2.40. The molecule has 1 aromatic heterocycles. The molecule has 0 radical (unpaired) electrons. The third kappa shape index (κ3) is 5.45. The fourth-order valence-electron chi connectivity index (χ4n) is 2.40. The van der Waals surface area contributed by atoms with Crippen LogP contribution in [0, 0.1) is 0 Å². The minimum atomic E-state index is -0.291. The molecule has 0 aliphatic heterocycles. The fraction of sp³-hybridized carbons (Fsp3) is 0.421. The Morgan fingerprint density at radius 2 is 1.60 bits per heavy atom. The first-order valence-electron chi connectivity index (χ1n) is 8.59. The van der Waals surface area contributed by atoms with Gasteiger partial charge in [0.05, 0.1) is 5.56 Å². The molecule has 1 amide bonds. The summed E-state index contributed by atoms with van der Waals surface area (Å²) < 4.78 is 0. The van der Waals surface area contributed by atoms with Crippen LogP contribution in [0.4, 0.5) is 17.3 Å². The summed E-state index contributed by atoms with van der Waals surface area (Å²) in [7, 11) is 0. The van der Waals surface area contributed by atoms with Crippen molar-refractivity contribution in [1.82, 2.24) is 15.3 Å². The monoisotopic (exact) mass is 341 g/mol. The average molecular weight is 341 g/mol. The molecule has 0 spiro atoms. The molecular formula is C19H27N5O. The van der Waals surface area contributed by atoms with E-state index in [4.69, 9.17) is 0 Å². The molecule has 0 aliphatic rings. The molecule has 0 saturated carbocycles. The van der Waals surface area contributed by atoms with Crippen molar-refractivity contribution < 1.29 is 4.79 Å². The van der Waals surface area contributed by atoms with E-state index in [0.29, 0.717) is 11.5 Å². The van der Waals surface area contributed by atoms with Gasteiger partial charge in [0, 0.05) is 42.4 Å². The van der Waals surface area contributed by atoms with Crippen molar-refractivity contribution in [3.8, 4) is 0 Å². The number of nitrogens with one attached hydrogen (secondary N) is 2. The maximum Gasteiger partial charge on any atom is 0.254 e. The molecule has 6 nitrogen and oxygen atoms in total. The van der Waals surface area contributed by atoms with Crippen LogP contribution in [0.5, 0.6) is 0 Å². The van der Waals surface area contributed by atoms with E-state index in [-0.39, 0.29) is 11.4 Å². The van der Waals surface area contributed by atoms with Crippen LogP contribution >= 0.6 is 0 Å². The largest absolute Gasteiger partial charge is 0.372 e. The van der Waals surface area contributed by atoms with E-state index in [1.807, 2.05) is 32.9 Å². The molecule has 0 unspecified atom stereocenters. The molecule has 134 valence electrons. The number of nitrogens with zero attached hydrogens (tertiary/aromatic N) is 3. The van der Waals surface area contributed by atoms with E-state index in [2.05, 4.69) is 51.5 Å². The second-order valence-electron chi connectivity index (χ2n) is 6.84. The van der Waals surface area contributed by atoms with Gasteiger partial charge in [-0.2, -0.15) is 0 Å². The van der Waals surface area contributed by atoms with Crippen molar-refractivity contribution in [3.05, 3.63) is 42.2 Å². The highest BCUT2D eigenvalue weighted by atomic mass is 16.1. The molecular weight excluding hydrogens is 314 g/mol. The first-order valence-corrected chi connectivity index (χ1v) is 8.59. The Morgan fingerprint density at radius 1 is 1.04 bits per heavy atom. The SMILES string of the molecule is CCN(CC)c1ccc(Nc2ncc(C(=O)NC(C)(C)C)cn2)cc1. The van der Waals surface area contributed by atoms with E-state index >= 15 is 0 Å². The molecule has 0 fully saturated rings. The van der Waals surface area contributed by atoms with Gasteiger partial charge in [0.15, 0.2) is 0 Å². The van der Waals surface area contributed by atoms with Crippen molar-refractivity contribution in [2.75, 3.05) is 23.3 Å². The lowest BCUT2D eigenvalue weighted by Crippen LogP contribution is -2.40.